The molecule has 3 nitrogen and oxygen atoms in total. The minimum absolute atomic E-state index is 0.551. The minimum atomic E-state index is 0.551. The van der Waals surface area contributed by atoms with Gasteiger partial charge in [0.15, 0.2) is 0 Å². The third-order valence-corrected chi connectivity index (χ3v) is 3.72. The van der Waals surface area contributed by atoms with E-state index in [2.05, 4.69) is 62.0 Å². The van der Waals surface area contributed by atoms with Crippen LogP contribution in [0, 0.1) is 20.8 Å². The summed E-state index contributed by atoms with van der Waals surface area (Å²) >= 11 is 0. The predicted octanol–water partition coefficient (Wildman–Crippen LogP) is 3.93. The van der Waals surface area contributed by atoms with Gasteiger partial charge in [-0.2, -0.15) is 0 Å². The molecule has 0 aliphatic carbocycles. The number of H-pyrrole nitrogens is 1. The molecule has 1 heterocycles. The first kappa shape index (κ1) is 15.8. The molecule has 0 aliphatic heterocycles. The van der Waals surface area contributed by atoms with E-state index >= 15 is 0 Å². The number of aromatic amines is 1. The molecule has 0 unspecified atom stereocenters. The summed E-state index contributed by atoms with van der Waals surface area (Å²) < 4.78 is 0. The average Bonchev–Trinajstić information content (AvgIpc) is 2.81. The molecule has 21 heavy (non-hydrogen) atoms. The topological polar surface area (TPSA) is 40.7 Å². The molecule has 0 bridgehead atoms. The van der Waals surface area contributed by atoms with E-state index in [4.69, 9.17) is 0 Å². The number of nitrogens with one attached hydrogen (secondary N) is 2. The van der Waals surface area contributed by atoms with Crippen molar-refractivity contribution in [3.63, 3.8) is 0 Å². The van der Waals surface area contributed by atoms with E-state index in [0.717, 1.165) is 30.9 Å². The van der Waals surface area contributed by atoms with Crippen molar-refractivity contribution in [3.8, 4) is 11.3 Å². The highest BCUT2D eigenvalue weighted by Gasteiger charge is 2.09. The van der Waals surface area contributed by atoms with Gasteiger partial charge in [-0.25, -0.2) is 4.98 Å². The molecule has 0 saturated heterocycles. The van der Waals surface area contributed by atoms with Crippen molar-refractivity contribution in [2.24, 2.45) is 0 Å². The van der Waals surface area contributed by atoms with Crippen molar-refractivity contribution >= 4 is 0 Å². The maximum atomic E-state index is 4.53. The number of aromatic nitrogens is 2. The summed E-state index contributed by atoms with van der Waals surface area (Å²) in [5.74, 6) is 1.08. The Morgan fingerprint density at radius 1 is 1.14 bits per heavy atom. The molecule has 114 valence electrons. The Kier molecular flexibility index (Phi) is 5.18. The van der Waals surface area contributed by atoms with Gasteiger partial charge in [0.1, 0.15) is 5.82 Å². The highest BCUT2D eigenvalue weighted by molar-refractivity contribution is 5.67. The summed E-state index contributed by atoms with van der Waals surface area (Å²) in [5, 5.41) is 3.44. The van der Waals surface area contributed by atoms with E-state index in [1.54, 1.807) is 0 Å². The zero-order valence-corrected chi connectivity index (χ0v) is 13.9. The van der Waals surface area contributed by atoms with Gasteiger partial charge in [-0.1, -0.05) is 31.5 Å². The summed E-state index contributed by atoms with van der Waals surface area (Å²) in [6, 6.07) is 5.01. The third-order valence-electron chi connectivity index (χ3n) is 3.72. The van der Waals surface area contributed by atoms with Gasteiger partial charge in [0.05, 0.1) is 11.9 Å². The number of imidazole rings is 1. The summed E-state index contributed by atoms with van der Waals surface area (Å²) in [6.45, 7) is 11.9. The lowest BCUT2D eigenvalue weighted by molar-refractivity contribution is 0.567. The fourth-order valence-corrected chi connectivity index (χ4v) is 2.87. The number of benzene rings is 1. The molecule has 0 atom stereocenters. The molecule has 3 heteroatoms. The van der Waals surface area contributed by atoms with Gasteiger partial charge >= 0.3 is 0 Å². The van der Waals surface area contributed by atoms with Crippen molar-refractivity contribution in [3.05, 3.63) is 40.8 Å². The van der Waals surface area contributed by atoms with Gasteiger partial charge in [0.25, 0.3) is 0 Å². The number of nitrogens with zero attached hydrogens (tertiary/aromatic N) is 1. The van der Waals surface area contributed by atoms with Gasteiger partial charge in [-0.15, -0.1) is 0 Å². The molecule has 1 aromatic heterocycles. The fraction of sp³-hybridized carbons (Fsp3) is 0.500. The van der Waals surface area contributed by atoms with Crippen LogP contribution in [0.2, 0.25) is 0 Å². The molecule has 2 aromatic rings. The molecule has 1 aromatic carbocycles. The minimum Gasteiger partial charge on any atom is -0.342 e. The van der Waals surface area contributed by atoms with Crippen LogP contribution in [0.3, 0.4) is 0 Å². The molecule has 0 radical (unpaired) electrons. The lowest BCUT2D eigenvalue weighted by Crippen LogP contribution is -2.24. The van der Waals surface area contributed by atoms with Gasteiger partial charge in [0.2, 0.25) is 0 Å². The van der Waals surface area contributed by atoms with Crippen molar-refractivity contribution in [1.82, 2.24) is 15.3 Å². The molecule has 2 rings (SSSR count). The summed E-state index contributed by atoms with van der Waals surface area (Å²) in [6.07, 6.45) is 4.07. The highest BCUT2D eigenvalue weighted by Crippen LogP contribution is 2.27. The molecule has 0 fully saturated rings. The Bertz CT molecular complexity index is 573. The van der Waals surface area contributed by atoms with Crippen LogP contribution in [0.15, 0.2) is 18.3 Å². The predicted molar refractivity (Wildman–Crippen MR) is 89.7 cm³/mol. The first-order valence-corrected chi connectivity index (χ1v) is 7.83. The van der Waals surface area contributed by atoms with Crippen LogP contribution >= 0.6 is 0 Å². The number of rotatable bonds is 6. The second-order valence-electron chi connectivity index (χ2n) is 6.23. The smallest absolute Gasteiger partial charge is 0.106 e. The van der Waals surface area contributed by atoms with Crippen LogP contribution in [0.1, 0.15) is 42.8 Å². The van der Waals surface area contributed by atoms with Gasteiger partial charge in [-0.05, 0) is 44.9 Å². The second-order valence-corrected chi connectivity index (χ2v) is 6.23. The first-order valence-electron chi connectivity index (χ1n) is 7.83. The van der Waals surface area contributed by atoms with E-state index in [0.29, 0.717) is 6.04 Å². The van der Waals surface area contributed by atoms with Crippen LogP contribution in [0.4, 0.5) is 0 Å². The second kappa shape index (κ2) is 6.90. The van der Waals surface area contributed by atoms with E-state index in [9.17, 15) is 0 Å². The fourth-order valence-electron chi connectivity index (χ4n) is 2.87. The quantitative estimate of drug-likeness (QED) is 0.789. The normalized spacial score (nSPS) is 11.3. The van der Waals surface area contributed by atoms with Gasteiger partial charge in [-0.3, -0.25) is 0 Å². The third kappa shape index (κ3) is 4.18. The highest BCUT2D eigenvalue weighted by atomic mass is 14.9. The van der Waals surface area contributed by atoms with Crippen LogP contribution in [-0.2, 0) is 6.42 Å². The molecule has 0 amide bonds. The number of hydrogen-bond donors (Lipinski definition) is 2. The molecular weight excluding hydrogens is 258 g/mol. The van der Waals surface area contributed by atoms with Crippen molar-refractivity contribution in [2.75, 3.05) is 6.54 Å². The largest absolute Gasteiger partial charge is 0.342 e. The van der Waals surface area contributed by atoms with E-state index in [-0.39, 0.29) is 0 Å². The van der Waals surface area contributed by atoms with Gasteiger partial charge in [0, 0.05) is 18.0 Å². The van der Waals surface area contributed by atoms with E-state index in [1.807, 2.05) is 6.20 Å². The molecular formula is C18H27N3. The summed E-state index contributed by atoms with van der Waals surface area (Å²) in [5.41, 5.74) is 6.36. The summed E-state index contributed by atoms with van der Waals surface area (Å²) in [7, 11) is 0. The van der Waals surface area contributed by atoms with Crippen LogP contribution < -0.4 is 5.32 Å². The van der Waals surface area contributed by atoms with E-state index in [1.165, 1.54) is 22.3 Å². The Balaban J connectivity index is 2.06. The van der Waals surface area contributed by atoms with Crippen molar-refractivity contribution in [2.45, 2.75) is 53.5 Å². The van der Waals surface area contributed by atoms with Crippen molar-refractivity contribution in [1.29, 1.82) is 0 Å². The average molecular weight is 285 g/mol. The standard InChI is InChI=1S/C18H27N3/c1-12(2)19-8-6-7-17-20-11-16(21-17)18-14(4)9-13(3)10-15(18)5/h9-12,19H,6-8H2,1-5H3,(H,20,21). The maximum Gasteiger partial charge on any atom is 0.106 e. The molecule has 2 N–H and O–H groups in total. The Labute approximate surface area is 128 Å². The molecule has 0 saturated carbocycles. The molecule has 0 aliphatic rings. The number of aryl methyl sites for hydroxylation is 4. The van der Waals surface area contributed by atoms with Crippen molar-refractivity contribution < 1.29 is 0 Å². The Hall–Kier alpha value is -1.61. The summed E-state index contributed by atoms with van der Waals surface area (Å²) in [4.78, 5) is 8.01. The monoisotopic (exact) mass is 285 g/mol. The Morgan fingerprint density at radius 2 is 1.81 bits per heavy atom. The number of hydrogen-bond acceptors (Lipinski definition) is 2. The zero-order valence-electron chi connectivity index (χ0n) is 13.9. The lowest BCUT2D eigenvalue weighted by atomic mass is 9.98. The van der Waals surface area contributed by atoms with Crippen LogP contribution in [0.25, 0.3) is 11.3 Å². The molecule has 0 spiro atoms. The maximum absolute atomic E-state index is 4.53. The van der Waals surface area contributed by atoms with Gasteiger partial charge < -0.3 is 10.3 Å². The SMILES string of the molecule is Cc1cc(C)c(-c2cnc(CCCNC(C)C)[nH]2)c(C)c1. The van der Waals surface area contributed by atoms with E-state index < -0.39 is 0 Å². The lowest BCUT2D eigenvalue weighted by Gasteiger charge is -2.09. The van der Waals surface area contributed by atoms with Crippen LogP contribution in [-0.4, -0.2) is 22.6 Å². The Morgan fingerprint density at radius 3 is 2.43 bits per heavy atom. The zero-order chi connectivity index (χ0) is 15.4. The first-order chi connectivity index (χ1) is 9.97. The van der Waals surface area contributed by atoms with Crippen LogP contribution in [0.5, 0.6) is 0 Å².